The Morgan fingerprint density at radius 3 is 2.71 bits per heavy atom. The summed E-state index contributed by atoms with van der Waals surface area (Å²) in [7, 11) is 0. The van der Waals surface area contributed by atoms with Gasteiger partial charge in [-0.3, -0.25) is 4.98 Å². The Hall–Kier alpha value is -1.65. The largest absolute Gasteiger partial charge is 0.436 e. The fraction of sp³-hybridized carbons (Fsp3) is 0.167. The maximum Gasteiger partial charge on any atom is 0.238 e. The summed E-state index contributed by atoms with van der Waals surface area (Å²) < 4.78 is 5.48. The van der Waals surface area contributed by atoms with Crippen LogP contribution in [0, 0.1) is 6.92 Å². The van der Waals surface area contributed by atoms with E-state index in [2.05, 4.69) is 9.97 Å². The van der Waals surface area contributed by atoms with Crippen molar-refractivity contribution in [1.29, 1.82) is 0 Å². The first-order valence-electron chi connectivity index (χ1n) is 5.05. The van der Waals surface area contributed by atoms with Gasteiger partial charge in [0.05, 0.1) is 12.8 Å². The predicted molar refractivity (Wildman–Crippen MR) is 64.2 cm³/mol. The summed E-state index contributed by atoms with van der Waals surface area (Å²) in [6.45, 7) is 1.80. The quantitative estimate of drug-likeness (QED) is 0.910. The van der Waals surface area contributed by atoms with E-state index in [4.69, 9.17) is 21.4 Å². The molecule has 2 aromatic rings. The molecule has 0 fully saturated rings. The Bertz CT molecular complexity index is 514. The number of hydrogen-bond donors (Lipinski definition) is 1. The summed E-state index contributed by atoms with van der Waals surface area (Å²) in [5.41, 5.74) is 1.55. The molecular weight excluding hydrogens is 240 g/mol. The molecule has 17 heavy (non-hydrogen) atoms. The minimum Gasteiger partial charge on any atom is -0.436 e. The number of aliphatic hydroxyl groups excluding tert-OH is 1. The van der Waals surface area contributed by atoms with Crippen LogP contribution in [0.4, 0.5) is 0 Å². The number of aromatic nitrogens is 2. The minimum absolute atomic E-state index is 0.0981. The molecule has 2 rings (SSSR count). The van der Waals surface area contributed by atoms with Gasteiger partial charge >= 0.3 is 0 Å². The normalized spacial score (nSPS) is 10.3. The lowest BCUT2D eigenvalue weighted by atomic mass is 10.3. The van der Waals surface area contributed by atoms with Crippen LogP contribution >= 0.6 is 11.6 Å². The first-order chi connectivity index (χ1) is 8.19. The number of aryl methyl sites for hydroxylation is 1. The zero-order valence-electron chi connectivity index (χ0n) is 9.22. The Kier molecular flexibility index (Phi) is 3.56. The lowest BCUT2D eigenvalue weighted by Gasteiger charge is -2.06. The van der Waals surface area contributed by atoms with Gasteiger partial charge in [0.15, 0.2) is 0 Å². The van der Waals surface area contributed by atoms with Crippen LogP contribution in [0.3, 0.4) is 0 Å². The van der Waals surface area contributed by atoms with Gasteiger partial charge in [-0.1, -0.05) is 11.6 Å². The van der Waals surface area contributed by atoms with E-state index in [1.165, 1.54) is 6.20 Å². The van der Waals surface area contributed by atoms with E-state index in [1.807, 2.05) is 13.0 Å². The Labute approximate surface area is 104 Å². The molecule has 0 unspecified atom stereocenters. The second-order valence-corrected chi connectivity index (χ2v) is 3.93. The lowest BCUT2D eigenvalue weighted by Crippen LogP contribution is -1.92. The van der Waals surface area contributed by atoms with E-state index in [9.17, 15) is 0 Å². The summed E-state index contributed by atoms with van der Waals surface area (Å²) in [5, 5.41) is 9.28. The van der Waals surface area contributed by atoms with Gasteiger partial charge in [-0.2, -0.15) is 0 Å². The smallest absolute Gasteiger partial charge is 0.238 e. The molecule has 1 N–H and O–H groups in total. The molecule has 0 atom stereocenters. The average Bonchev–Trinajstić information content (AvgIpc) is 2.34. The molecule has 0 saturated carbocycles. The SMILES string of the molecule is Cc1ccc(Oc2ncc(CO)cc2Cl)cn1. The topological polar surface area (TPSA) is 55.2 Å². The number of halogens is 1. The van der Waals surface area contributed by atoms with Gasteiger partial charge in [-0.15, -0.1) is 0 Å². The monoisotopic (exact) mass is 250 g/mol. The van der Waals surface area contributed by atoms with Crippen molar-refractivity contribution in [3.05, 3.63) is 46.9 Å². The Balaban J connectivity index is 2.21. The lowest BCUT2D eigenvalue weighted by molar-refractivity contribution is 0.281. The molecule has 0 bridgehead atoms. The van der Waals surface area contributed by atoms with E-state index >= 15 is 0 Å². The van der Waals surface area contributed by atoms with Crippen LogP contribution in [0.25, 0.3) is 0 Å². The maximum absolute atomic E-state index is 8.92. The standard InChI is InChI=1S/C12H11ClN2O2/c1-8-2-3-10(6-14-8)17-12-11(13)4-9(7-16)5-15-12/h2-6,16H,7H2,1H3. The molecule has 0 amide bonds. The third kappa shape index (κ3) is 2.93. The van der Waals surface area contributed by atoms with Crippen LogP contribution in [0.15, 0.2) is 30.6 Å². The Morgan fingerprint density at radius 1 is 1.29 bits per heavy atom. The average molecular weight is 251 g/mol. The summed E-state index contributed by atoms with van der Waals surface area (Å²) in [6.07, 6.45) is 3.12. The first-order valence-corrected chi connectivity index (χ1v) is 5.42. The van der Waals surface area contributed by atoms with Crippen LogP contribution < -0.4 is 4.74 Å². The second-order valence-electron chi connectivity index (χ2n) is 3.53. The van der Waals surface area contributed by atoms with Crippen molar-refractivity contribution in [3.8, 4) is 11.6 Å². The van der Waals surface area contributed by atoms with Crippen LogP contribution in [0.1, 0.15) is 11.3 Å². The molecule has 0 aliphatic carbocycles. The highest BCUT2D eigenvalue weighted by molar-refractivity contribution is 6.31. The summed E-state index contributed by atoms with van der Waals surface area (Å²) in [4.78, 5) is 8.13. The van der Waals surface area contributed by atoms with Crippen molar-refractivity contribution in [2.75, 3.05) is 0 Å². The van der Waals surface area contributed by atoms with Crippen molar-refractivity contribution in [1.82, 2.24) is 9.97 Å². The third-order valence-corrected chi connectivity index (χ3v) is 2.42. The molecule has 0 saturated heterocycles. The molecule has 0 spiro atoms. The van der Waals surface area contributed by atoms with E-state index < -0.39 is 0 Å². The second kappa shape index (κ2) is 5.12. The molecule has 5 heteroatoms. The molecule has 2 heterocycles. The third-order valence-electron chi connectivity index (χ3n) is 2.15. The van der Waals surface area contributed by atoms with E-state index in [0.29, 0.717) is 22.2 Å². The van der Waals surface area contributed by atoms with E-state index in [1.54, 1.807) is 18.3 Å². The molecule has 0 aliphatic heterocycles. The van der Waals surface area contributed by atoms with Crippen LogP contribution in [-0.2, 0) is 6.61 Å². The van der Waals surface area contributed by atoms with Crippen LogP contribution in [0.5, 0.6) is 11.6 Å². The molecule has 88 valence electrons. The van der Waals surface area contributed by atoms with E-state index in [0.717, 1.165) is 5.69 Å². The zero-order chi connectivity index (χ0) is 12.3. The van der Waals surface area contributed by atoms with Gasteiger partial charge in [0.2, 0.25) is 5.88 Å². The van der Waals surface area contributed by atoms with E-state index in [-0.39, 0.29) is 6.61 Å². The highest BCUT2D eigenvalue weighted by Gasteiger charge is 2.06. The molecule has 0 aromatic carbocycles. The summed E-state index contributed by atoms with van der Waals surface area (Å²) in [5.74, 6) is 0.872. The number of rotatable bonds is 3. The fourth-order valence-electron chi connectivity index (χ4n) is 1.25. The maximum atomic E-state index is 8.92. The molecule has 0 radical (unpaired) electrons. The van der Waals surface area contributed by atoms with Gasteiger partial charge in [0, 0.05) is 11.9 Å². The Morgan fingerprint density at radius 2 is 2.12 bits per heavy atom. The highest BCUT2D eigenvalue weighted by atomic mass is 35.5. The van der Waals surface area contributed by atoms with Gasteiger partial charge in [-0.05, 0) is 30.7 Å². The number of hydrogen-bond acceptors (Lipinski definition) is 4. The highest BCUT2D eigenvalue weighted by Crippen LogP contribution is 2.27. The molecule has 2 aromatic heterocycles. The van der Waals surface area contributed by atoms with Gasteiger partial charge in [0.1, 0.15) is 10.8 Å². The van der Waals surface area contributed by atoms with Crippen molar-refractivity contribution < 1.29 is 9.84 Å². The molecule has 0 aliphatic rings. The predicted octanol–water partition coefficient (Wildman–Crippen LogP) is 2.72. The first kappa shape index (κ1) is 11.8. The molecule has 4 nitrogen and oxygen atoms in total. The van der Waals surface area contributed by atoms with Gasteiger partial charge in [0.25, 0.3) is 0 Å². The number of aliphatic hydroxyl groups is 1. The van der Waals surface area contributed by atoms with Crippen molar-refractivity contribution in [2.45, 2.75) is 13.5 Å². The number of ether oxygens (including phenoxy) is 1. The van der Waals surface area contributed by atoms with Crippen molar-refractivity contribution in [2.24, 2.45) is 0 Å². The number of pyridine rings is 2. The zero-order valence-corrected chi connectivity index (χ0v) is 9.98. The number of nitrogens with zero attached hydrogens (tertiary/aromatic N) is 2. The minimum atomic E-state index is -0.0981. The van der Waals surface area contributed by atoms with Crippen molar-refractivity contribution in [3.63, 3.8) is 0 Å². The van der Waals surface area contributed by atoms with Gasteiger partial charge in [-0.25, -0.2) is 4.98 Å². The van der Waals surface area contributed by atoms with Crippen LogP contribution in [0.2, 0.25) is 5.02 Å². The fourth-order valence-corrected chi connectivity index (χ4v) is 1.48. The summed E-state index contributed by atoms with van der Waals surface area (Å²) >= 11 is 5.97. The van der Waals surface area contributed by atoms with Crippen molar-refractivity contribution >= 4 is 11.6 Å². The summed E-state index contributed by atoms with van der Waals surface area (Å²) in [6, 6.07) is 5.25. The van der Waals surface area contributed by atoms with Crippen LogP contribution in [-0.4, -0.2) is 15.1 Å². The molecular formula is C12H11ClN2O2. The van der Waals surface area contributed by atoms with Gasteiger partial charge < -0.3 is 9.84 Å².